The van der Waals surface area contributed by atoms with Crippen LogP contribution in [0.2, 0.25) is 0 Å². The van der Waals surface area contributed by atoms with Crippen molar-refractivity contribution in [3.8, 4) is 0 Å². The fraction of sp³-hybridized carbons (Fsp3) is 0.263. The van der Waals surface area contributed by atoms with Crippen LogP contribution in [0.3, 0.4) is 0 Å². The number of benzene rings is 2. The first kappa shape index (κ1) is 20.8. The van der Waals surface area contributed by atoms with Gasteiger partial charge in [0, 0.05) is 0 Å². The molecule has 0 bridgehead atoms. The molecule has 0 aromatic heterocycles. The van der Waals surface area contributed by atoms with Crippen molar-refractivity contribution < 1.29 is 37.7 Å². The summed E-state index contributed by atoms with van der Waals surface area (Å²) in [6.07, 6.45) is -5.95. The third-order valence-electron chi connectivity index (χ3n) is 3.99. The van der Waals surface area contributed by atoms with Gasteiger partial charge in [-0.3, -0.25) is 0 Å². The molecule has 6 nitrogen and oxygen atoms in total. The molecule has 1 N–H and O–H groups in total. The maximum absolute atomic E-state index is 14.2. The van der Waals surface area contributed by atoms with Crippen molar-refractivity contribution in [3.63, 3.8) is 0 Å². The molecule has 0 aliphatic carbocycles. The minimum absolute atomic E-state index is 0.237. The number of alkyl halides is 2. The maximum atomic E-state index is 14.2. The molecule has 9 heteroatoms. The van der Waals surface area contributed by atoms with Gasteiger partial charge in [-0.2, -0.15) is 0 Å². The number of ether oxygens (including phenoxy) is 3. The molecule has 1 fully saturated rings. The molecule has 3 rings (SSSR count). The van der Waals surface area contributed by atoms with Gasteiger partial charge < -0.3 is 0 Å². The summed E-state index contributed by atoms with van der Waals surface area (Å²) in [6.45, 7) is -0.586. The second-order valence-electron chi connectivity index (χ2n) is 5.98. The number of halogens is 2. The number of carbonyl (C=O) groups excluding carboxylic acids is 2. The molecule has 0 spiro atoms. The molecule has 2 aromatic carbocycles. The molecule has 1 unspecified atom stereocenters. The molecule has 0 amide bonds. The standard InChI is InChI=1S/C13H11F2O6.C6H5.Bi.H/c14-13(15)10(20-7-16)9(21-12(13)18)6-19-11(17)8-4-2-1-3-5-8;1-2-4-6-5-3-1;;/h1-5,9-10,12,18H,6H2;1-5H;;/t9-,10+,12?;;;/m1.../s1. The van der Waals surface area contributed by atoms with Crippen LogP contribution in [0.25, 0.3) is 0 Å². The quantitative estimate of drug-likeness (QED) is 0.407. The van der Waals surface area contributed by atoms with E-state index >= 15 is 0 Å². The second kappa shape index (κ2) is 9.03. The minimum atomic E-state index is -3.81. The van der Waals surface area contributed by atoms with Crippen LogP contribution in [0.1, 0.15) is 10.4 Å². The molecule has 0 radical (unpaired) electrons. The first-order valence-electron chi connectivity index (χ1n) is 8.34. The molecule has 1 saturated heterocycles. The summed E-state index contributed by atoms with van der Waals surface area (Å²) in [5.41, 5.74) is 0.237. The van der Waals surface area contributed by atoms with Gasteiger partial charge in [0.25, 0.3) is 0 Å². The van der Waals surface area contributed by atoms with Crippen molar-refractivity contribution >= 4 is 36.2 Å². The Labute approximate surface area is 171 Å². The molecule has 148 valence electrons. The van der Waals surface area contributed by atoms with Crippen LogP contribution in [0.15, 0.2) is 60.7 Å². The van der Waals surface area contributed by atoms with Crippen LogP contribution < -0.4 is 3.27 Å². The number of hydrogen-bond acceptors (Lipinski definition) is 6. The topological polar surface area (TPSA) is 82.1 Å². The van der Waals surface area contributed by atoms with E-state index in [1.54, 1.807) is 48.5 Å². The Morgan fingerprint density at radius 1 is 1.07 bits per heavy atom. The Bertz CT molecular complexity index is 818. The molecule has 1 heterocycles. The van der Waals surface area contributed by atoms with Crippen LogP contribution in [-0.4, -0.2) is 69.0 Å². The third-order valence-corrected chi connectivity index (χ3v) is 7.66. The molecular weight excluding hydrogens is 571 g/mol. The number of carbonyl (C=O) groups is 2. The zero-order chi connectivity index (χ0) is 20.1. The van der Waals surface area contributed by atoms with Crippen molar-refractivity contribution in [1.29, 1.82) is 0 Å². The van der Waals surface area contributed by atoms with E-state index < -0.39 is 63.9 Å². The summed E-state index contributed by atoms with van der Waals surface area (Å²) < 4.78 is 43.3. The molecule has 0 saturated carbocycles. The number of aliphatic hydroxyl groups excluding tert-OH is 1. The van der Waals surface area contributed by atoms with E-state index in [0.717, 1.165) is 3.27 Å². The Hall–Kier alpha value is -1.96. The third kappa shape index (κ3) is 4.90. The number of esters is 1. The zero-order valence-electron chi connectivity index (χ0n) is 14.5. The SMILES string of the molecule is O=[C](O[C@H]1[C@@H](COC(=O)c2ccccc2)OC(O)C1(F)F)[BiH][c]1ccccc1. The van der Waals surface area contributed by atoms with Gasteiger partial charge in [-0.1, -0.05) is 0 Å². The van der Waals surface area contributed by atoms with Gasteiger partial charge >= 0.3 is 171 Å². The second-order valence-corrected chi connectivity index (χ2v) is 10.8. The predicted octanol–water partition coefficient (Wildman–Crippen LogP) is 1.46. The van der Waals surface area contributed by atoms with E-state index in [2.05, 4.69) is 0 Å². The molecule has 1 aliphatic rings. The van der Waals surface area contributed by atoms with Gasteiger partial charge in [-0.15, -0.1) is 0 Å². The summed E-state index contributed by atoms with van der Waals surface area (Å²) in [5.74, 6) is -4.54. The van der Waals surface area contributed by atoms with Gasteiger partial charge in [0.2, 0.25) is 0 Å². The number of rotatable bonds is 6. The van der Waals surface area contributed by atoms with Crippen molar-refractivity contribution in [3.05, 3.63) is 66.2 Å². The Morgan fingerprint density at radius 2 is 1.68 bits per heavy atom. The van der Waals surface area contributed by atoms with E-state index in [4.69, 9.17) is 14.2 Å². The Morgan fingerprint density at radius 3 is 2.32 bits per heavy atom. The van der Waals surface area contributed by atoms with Gasteiger partial charge in [-0.25, -0.2) is 0 Å². The first-order chi connectivity index (χ1) is 13.4. The first-order valence-corrected chi connectivity index (χ1v) is 12.2. The summed E-state index contributed by atoms with van der Waals surface area (Å²) in [7, 11) is 0. The van der Waals surface area contributed by atoms with Gasteiger partial charge in [0.1, 0.15) is 0 Å². The van der Waals surface area contributed by atoms with Crippen LogP contribution in [0.5, 0.6) is 0 Å². The predicted molar refractivity (Wildman–Crippen MR) is 96.0 cm³/mol. The summed E-state index contributed by atoms with van der Waals surface area (Å²) in [4.78, 5) is 24.1. The summed E-state index contributed by atoms with van der Waals surface area (Å²) in [5, 5.41) is 9.49. The van der Waals surface area contributed by atoms with E-state index in [0.29, 0.717) is 0 Å². The molecule has 3 atom stereocenters. The fourth-order valence-electron chi connectivity index (χ4n) is 2.60. The Balaban J connectivity index is 1.64. The van der Waals surface area contributed by atoms with E-state index in [-0.39, 0.29) is 5.56 Å². The summed E-state index contributed by atoms with van der Waals surface area (Å²) in [6, 6.07) is 16.7. The monoisotopic (exact) mass is 588 g/mol. The van der Waals surface area contributed by atoms with Gasteiger partial charge in [0.15, 0.2) is 0 Å². The number of aliphatic hydroxyl groups is 1. The molecular formula is C19H17BiF2O6. The molecule has 28 heavy (non-hydrogen) atoms. The van der Waals surface area contributed by atoms with Crippen LogP contribution in [0, 0.1) is 0 Å². The van der Waals surface area contributed by atoms with Crippen LogP contribution >= 0.6 is 0 Å². The van der Waals surface area contributed by atoms with E-state index in [1.165, 1.54) is 12.1 Å². The van der Waals surface area contributed by atoms with E-state index in [9.17, 15) is 23.5 Å². The van der Waals surface area contributed by atoms with Gasteiger partial charge in [-0.05, 0) is 0 Å². The Kier molecular flexibility index (Phi) is 6.70. The fourth-order valence-corrected chi connectivity index (χ4v) is 5.63. The molecule has 2 aromatic rings. The summed E-state index contributed by atoms with van der Waals surface area (Å²) >= 11 is -2.18. The van der Waals surface area contributed by atoms with Crippen molar-refractivity contribution in [2.24, 2.45) is 0 Å². The molecule has 1 aliphatic heterocycles. The van der Waals surface area contributed by atoms with E-state index in [1.807, 2.05) is 0 Å². The average Bonchev–Trinajstić information content (AvgIpc) is 2.90. The van der Waals surface area contributed by atoms with Crippen molar-refractivity contribution in [2.45, 2.75) is 24.4 Å². The van der Waals surface area contributed by atoms with Crippen LogP contribution in [0.4, 0.5) is 13.6 Å². The van der Waals surface area contributed by atoms with Crippen molar-refractivity contribution in [1.82, 2.24) is 0 Å². The average molecular weight is 588 g/mol. The van der Waals surface area contributed by atoms with Crippen molar-refractivity contribution in [2.75, 3.05) is 6.61 Å². The van der Waals surface area contributed by atoms with Crippen LogP contribution in [-0.2, 0) is 14.2 Å². The van der Waals surface area contributed by atoms with Gasteiger partial charge in [0.05, 0.1) is 0 Å². The zero-order valence-corrected chi connectivity index (χ0v) is 18.3. The number of hydrogen-bond donors (Lipinski definition) is 1. The normalized spacial score (nSPS) is 23.2.